The fraction of sp³-hybridized carbons (Fsp3) is 0.200. The Morgan fingerprint density at radius 2 is 1.75 bits per heavy atom. The third-order valence-corrected chi connectivity index (χ3v) is 3.06. The summed E-state index contributed by atoms with van der Waals surface area (Å²) in [5.41, 5.74) is 1.57. The Kier molecular flexibility index (Phi) is 3.35. The lowest BCUT2D eigenvalue weighted by Gasteiger charge is -2.11. The Morgan fingerprint density at radius 1 is 1.05 bits per heavy atom. The second-order valence-corrected chi connectivity index (χ2v) is 4.43. The van der Waals surface area contributed by atoms with Gasteiger partial charge in [0.1, 0.15) is 18.1 Å². The average molecular weight is 274 g/mol. The van der Waals surface area contributed by atoms with Gasteiger partial charge in [-0.05, 0) is 23.8 Å². The van der Waals surface area contributed by atoms with Crippen molar-refractivity contribution >= 4 is 0 Å². The van der Waals surface area contributed by atoms with Gasteiger partial charge in [-0.25, -0.2) is 0 Å². The predicted molar refractivity (Wildman–Crippen MR) is 70.9 cm³/mol. The number of hydrogen-bond acceptors (Lipinski definition) is 5. The molecule has 0 atom stereocenters. The van der Waals surface area contributed by atoms with Crippen LogP contribution in [0.5, 0.6) is 23.0 Å². The quantitative estimate of drug-likeness (QED) is 0.894. The molecular formula is C15H14O5. The van der Waals surface area contributed by atoms with Gasteiger partial charge in [-0.3, -0.25) is 0 Å². The summed E-state index contributed by atoms with van der Waals surface area (Å²) in [6.07, 6.45) is 0. The normalized spacial score (nSPS) is 12.4. The molecule has 0 aromatic heterocycles. The molecule has 1 heterocycles. The molecule has 0 amide bonds. The van der Waals surface area contributed by atoms with E-state index in [4.69, 9.17) is 14.2 Å². The predicted octanol–water partition coefficient (Wildman–Crippen LogP) is 2.19. The van der Waals surface area contributed by atoms with Gasteiger partial charge in [0.15, 0.2) is 11.5 Å². The monoisotopic (exact) mass is 274 g/mol. The summed E-state index contributed by atoms with van der Waals surface area (Å²) in [4.78, 5) is 0. The summed E-state index contributed by atoms with van der Waals surface area (Å²) >= 11 is 0. The Labute approximate surface area is 116 Å². The number of benzene rings is 2. The first-order valence-corrected chi connectivity index (χ1v) is 6.20. The smallest absolute Gasteiger partial charge is 0.231 e. The minimum Gasteiger partial charge on any atom is -0.508 e. The van der Waals surface area contributed by atoms with E-state index in [1.54, 1.807) is 36.4 Å². The molecule has 0 unspecified atom stereocenters. The maximum Gasteiger partial charge on any atom is 0.231 e. The van der Waals surface area contributed by atoms with Crippen molar-refractivity contribution in [2.24, 2.45) is 0 Å². The topological polar surface area (TPSA) is 68.2 Å². The summed E-state index contributed by atoms with van der Waals surface area (Å²) in [5.74, 6) is 2.01. The first-order valence-electron chi connectivity index (χ1n) is 6.20. The molecule has 2 aromatic rings. The van der Waals surface area contributed by atoms with Crippen LogP contribution in [0.25, 0.3) is 0 Å². The fourth-order valence-electron chi connectivity index (χ4n) is 1.98. The summed E-state index contributed by atoms with van der Waals surface area (Å²) in [6.45, 7) is 0.385. The van der Waals surface area contributed by atoms with Gasteiger partial charge in [-0.2, -0.15) is 0 Å². The molecule has 0 saturated carbocycles. The van der Waals surface area contributed by atoms with Crippen LogP contribution in [0.3, 0.4) is 0 Å². The minimum atomic E-state index is -0.137. The fourth-order valence-corrected chi connectivity index (χ4v) is 1.98. The van der Waals surface area contributed by atoms with Crippen LogP contribution in [-0.4, -0.2) is 17.0 Å². The molecule has 2 N–H and O–H groups in total. The zero-order chi connectivity index (χ0) is 13.9. The molecule has 0 saturated heterocycles. The van der Waals surface area contributed by atoms with E-state index in [1.165, 1.54) is 0 Å². The summed E-state index contributed by atoms with van der Waals surface area (Å²) < 4.78 is 16.2. The van der Waals surface area contributed by atoms with Crippen LogP contribution in [0.2, 0.25) is 0 Å². The lowest BCUT2D eigenvalue weighted by molar-refractivity contribution is 0.173. The zero-order valence-electron chi connectivity index (χ0n) is 10.7. The number of aromatic hydroxyl groups is 1. The van der Waals surface area contributed by atoms with E-state index in [1.807, 2.05) is 0 Å². The molecule has 20 heavy (non-hydrogen) atoms. The number of hydrogen-bond donors (Lipinski definition) is 2. The molecule has 1 aliphatic rings. The van der Waals surface area contributed by atoms with Gasteiger partial charge in [0, 0.05) is 11.6 Å². The highest BCUT2D eigenvalue weighted by Crippen LogP contribution is 2.38. The molecule has 104 valence electrons. The average Bonchev–Trinajstić information content (AvgIpc) is 2.92. The second-order valence-electron chi connectivity index (χ2n) is 4.43. The second kappa shape index (κ2) is 5.30. The highest BCUT2D eigenvalue weighted by atomic mass is 16.7. The summed E-state index contributed by atoms with van der Waals surface area (Å²) in [7, 11) is 0. The number of ether oxygens (including phenoxy) is 3. The number of rotatable bonds is 4. The van der Waals surface area contributed by atoms with E-state index >= 15 is 0 Å². The largest absolute Gasteiger partial charge is 0.508 e. The van der Waals surface area contributed by atoms with Crippen molar-refractivity contribution in [3.8, 4) is 23.0 Å². The van der Waals surface area contributed by atoms with Crippen molar-refractivity contribution in [1.82, 2.24) is 0 Å². The van der Waals surface area contributed by atoms with Crippen molar-refractivity contribution < 1.29 is 24.4 Å². The summed E-state index contributed by atoms with van der Waals surface area (Å²) in [5, 5.41) is 18.6. The Hall–Kier alpha value is -2.40. The van der Waals surface area contributed by atoms with E-state index < -0.39 is 0 Å². The third-order valence-electron chi connectivity index (χ3n) is 3.06. The lowest BCUT2D eigenvalue weighted by Crippen LogP contribution is -1.99. The van der Waals surface area contributed by atoms with Crippen molar-refractivity contribution in [2.75, 3.05) is 6.79 Å². The number of fused-ring (bicyclic) bond motifs is 1. The Morgan fingerprint density at radius 3 is 2.45 bits per heavy atom. The van der Waals surface area contributed by atoms with Crippen LogP contribution in [0.15, 0.2) is 36.4 Å². The van der Waals surface area contributed by atoms with E-state index in [0.29, 0.717) is 29.4 Å². The molecule has 0 radical (unpaired) electrons. The van der Waals surface area contributed by atoms with Crippen LogP contribution in [0.1, 0.15) is 11.1 Å². The van der Waals surface area contributed by atoms with Gasteiger partial charge in [0.25, 0.3) is 0 Å². The minimum absolute atomic E-state index is 0.137. The van der Waals surface area contributed by atoms with Gasteiger partial charge in [0.2, 0.25) is 6.79 Å². The Bertz CT molecular complexity index is 606. The first kappa shape index (κ1) is 12.6. The van der Waals surface area contributed by atoms with E-state index in [2.05, 4.69) is 0 Å². The number of phenolic OH excluding ortho intramolecular Hbond substituents is 1. The lowest BCUT2D eigenvalue weighted by atomic mass is 10.2. The van der Waals surface area contributed by atoms with E-state index in [0.717, 1.165) is 5.56 Å². The molecule has 0 spiro atoms. The third kappa shape index (κ3) is 2.48. The van der Waals surface area contributed by atoms with Crippen molar-refractivity contribution in [1.29, 1.82) is 0 Å². The van der Waals surface area contributed by atoms with E-state index in [9.17, 15) is 10.2 Å². The first-order chi connectivity index (χ1) is 9.76. The number of aliphatic hydroxyl groups excluding tert-OH is 1. The Balaban J connectivity index is 1.78. The van der Waals surface area contributed by atoms with Gasteiger partial charge >= 0.3 is 0 Å². The molecule has 0 fully saturated rings. The standard InChI is InChI=1S/C15H14O5/c16-7-11-5-14-15(20-9-19-14)6-13(11)18-8-10-1-3-12(17)4-2-10/h1-6,16-17H,7-9H2. The van der Waals surface area contributed by atoms with Crippen molar-refractivity contribution in [3.63, 3.8) is 0 Å². The molecule has 0 aliphatic carbocycles. The van der Waals surface area contributed by atoms with Gasteiger partial charge in [0.05, 0.1) is 6.61 Å². The van der Waals surface area contributed by atoms with Gasteiger partial charge in [-0.1, -0.05) is 12.1 Å². The molecule has 5 nitrogen and oxygen atoms in total. The molecular weight excluding hydrogens is 260 g/mol. The van der Waals surface area contributed by atoms with Crippen LogP contribution in [-0.2, 0) is 13.2 Å². The van der Waals surface area contributed by atoms with Gasteiger partial charge in [-0.15, -0.1) is 0 Å². The molecule has 2 aromatic carbocycles. The van der Waals surface area contributed by atoms with Crippen LogP contribution in [0.4, 0.5) is 0 Å². The van der Waals surface area contributed by atoms with E-state index in [-0.39, 0.29) is 19.1 Å². The van der Waals surface area contributed by atoms with Crippen molar-refractivity contribution in [2.45, 2.75) is 13.2 Å². The number of phenols is 1. The highest BCUT2D eigenvalue weighted by Gasteiger charge is 2.17. The molecule has 5 heteroatoms. The number of aliphatic hydroxyl groups is 1. The van der Waals surface area contributed by atoms with Crippen LogP contribution >= 0.6 is 0 Å². The zero-order valence-corrected chi connectivity index (χ0v) is 10.7. The van der Waals surface area contributed by atoms with Crippen LogP contribution < -0.4 is 14.2 Å². The van der Waals surface area contributed by atoms with Gasteiger partial charge < -0.3 is 24.4 Å². The van der Waals surface area contributed by atoms with Crippen molar-refractivity contribution in [3.05, 3.63) is 47.5 Å². The molecule has 1 aliphatic heterocycles. The molecule has 3 rings (SSSR count). The van der Waals surface area contributed by atoms with Crippen LogP contribution in [0, 0.1) is 0 Å². The maximum atomic E-state index is 9.37. The highest BCUT2D eigenvalue weighted by molar-refractivity contribution is 5.51. The maximum absolute atomic E-state index is 9.37. The summed E-state index contributed by atoms with van der Waals surface area (Å²) in [6, 6.07) is 10.2. The SMILES string of the molecule is OCc1cc2c(cc1OCc1ccc(O)cc1)OCO2. The molecule has 0 bridgehead atoms.